The fourth-order valence-electron chi connectivity index (χ4n) is 1.22. The molecule has 0 bridgehead atoms. The van der Waals surface area contributed by atoms with Gasteiger partial charge in [0.2, 0.25) is 0 Å². The van der Waals surface area contributed by atoms with Gasteiger partial charge in [0.1, 0.15) is 0 Å². The van der Waals surface area contributed by atoms with Gasteiger partial charge in [-0.3, -0.25) is 4.68 Å². The maximum Gasteiger partial charge on any atom is 0.0772 e. The number of rotatable bonds is 2. The van der Waals surface area contributed by atoms with Gasteiger partial charge in [-0.05, 0) is 18.2 Å². The summed E-state index contributed by atoms with van der Waals surface area (Å²) in [5.41, 5.74) is 5.31. The minimum atomic E-state index is 0.409. The van der Waals surface area contributed by atoms with Crippen LogP contribution in [0.4, 0.5) is 0 Å². The second-order valence-electron chi connectivity index (χ2n) is 2.98. The summed E-state index contributed by atoms with van der Waals surface area (Å²) in [5, 5.41) is 4.15. The number of nitrogens with zero attached hydrogens (tertiary/aromatic N) is 2. The molecule has 0 spiro atoms. The molecule has 0 unspecified atom stereocenters. The van der Waals surface area contributed by atoms with Crippen LogP contribution in [0.1, 0.15) is 9.75 Å². The first-order valence-electron chi connectivity index (χ1n) is 4.63. The first-order valence-corrected chi connectivity index (χ1v) is 5.45. The summed E-state index contributed by atoms with van der Waals surface area (Å²) in [7, 11) is 0. The third kappa shape index (κ3) is 2.69. The number of hydrogen-bond acceptors (Lipinski definition) is 3. The van der Waals surface area contributed by atoms with Crippen LogP contribution in [0, 0.1) is 11.8 Å². The highest BCUT2D eigenvalue weighted by atomic mass is 32.1. The van der Waals surface area contributed by atoms with E-state index in [1.54, 1.807) is 17.5 Å². The van der Waals surface area contributed by atoms with Crippen LogP contribution in [0.3, 0.4) is 0 Å². The standard InChI is InChI=1S/C11H11N3S/c12-6-1-3-10-4-5-11(15-10)9-14-8-2-7-13-14/h2,4-5,7-8H,6,9,12H2. The van der Waals surface area contributed by atoms with Crippen LogP contribution < -0.4 is 5.73 Å². The van der Waals surface area contributed by atoms with Crippen molar-refractivity contribution in [3.8, 4) is 11.8 Å². The Hall–Kier alpha value is -1.57. The molecule has 3 nitrogen and oxygen atoms in total. The van der Waals surface area contributed by atoms with Crippen molar-refractivity contribution >= 4 is 11.3 Å². The maximum atomic E-state index is 5.31. The van der Waals surface area contributed by atoms with Gasteiger partial charge in [0.05, 0.1) is 18.0 Å². The van der Waals surface area contributed by atoms with Gasteiger partial charge in [0.25, 0.3) is 0 Å². The molecule has 2 aromatic heterocycles. The summed E-state index contributed by atoms with van der Waals surface area (Å²) in [6.07, 6.45) is 3.73. The second-order valence-corrected chi connectivity index (χ2v) is 4.14. The van der Waals surface area contributed by atoms with Crippen molar-refractivity contribution in [2.45, 2.75) is 6.54 Å². The maximum absolute atomic E-state index is 5.31. The predicted molar refractivity (Wildman–Crippen MR) is 61.6 cm³/mol. The van der Waals surface area contributed by atoms with Gasteiger partial charge in [-0.2, -0.15) is 5.10 Å². The predicted octanol–water partition coefficient (Wildman–Crippen LogP) is 1.30. The highest BCUT2D eigenvalue weighted by molar-refractivity contribution is 7.12. The summed E-state index contributed by atoms with van der Waals surface area (Å²) in [5.74, 6) is 5.86. The van der Waals surface area contributed by atoms with Crippen LogP contribution in [-0.4, -0.2) is 16.3 Å². The first kappa shape index (κ1) is 9.97. The molecule has 0 fully saturated rings. The molecule has 0 aliphatic heterocycles. The molecule has 0 aliphatic carbocycles. The summed E-state index contributed by atoms with van der Waals surface area (Å²) >= 11 is 1.68. The highest BCUT2D eigenvalue weighted by Crippen LogP contribution is 2.16. The lowest BCUT2D eigenvalue weighted by Gasteiger charge is -1.95. The van der Waals surface area contributed by atoms with Crippen molar-refractivity contribution in [2.75, 3.05) is 6.54 Å². The van der Waals surface area contributed by atoms with E-state index in [0.717, 1.165) is 11.4 Å². The smallest absolute Gasteiger partial charge is 0.0772 e. The van der Waals surface area contributed by atoms with E-state index in [1.807, 2.05) is 23.0 Å². The SMILES string of the molecule is NCC#Cc1ccc(Cn2cccn2)s1. The van der Waals surface area contributed by atoms with Crippen molar-refractivity contribution in [1.82, 2.24) is 9.78 Å². The van der Waals surface area contributed by atoms with Crippen molar-refractivity contribution in [3.63, 3.8) is 0 Å². The molecule has 2 N–H and O–H groups in total. The lowest BCUT2D eigenvalue weighted by molar-refractivity contribution is 0.695. The minimum absolute atomic E-state index is 0.409. The van der Waals surface area contributed by atoms with Gasteiger partial charge in [0.15, 0.2) is 0 Å². The summed E-state index contributed by atoms with van der Waals surface area (Å²) in [6.45, 7) is 1.22. The Morgan fingerprint density at radius 2 is 2.40 bits per heavy atom. The van der Waals surface area contributed by atoms with Crippen molar-refractivity contribution < 1.29 is 0 Å². The quantitative estimate of drug-likeness (QED) is 0.771. The third-order valence-electron chi connectivity index (χ3n) is 1.85. The zero-order chi connectivity index (χ0) is 10.5. The first-order chi connectivity index (χ1) is 7.38. The van der Waals surface area contributed by atoms with Crippen LogP contribution in [0.15, 0.2) is 30.6 Å². The van der Waals surface area contributed by atoms with E-state index in [2.05, 4.69) is 23.0 Å². The Morgan fingerprint density at radius 3 is 3.13 bits per heavy atom. The monoisotopic (exact) mass is 217 g/mol. The topological polar surface area (TPSA) is 43.8 Å². The molecule has 0 atom stereocenters. The Bertz CT molecular complexity index is 473. The average molecular weight is 217 g/mol. The van der Waals surface area contributed by atoms with Crippen LogP contribution in [0.2, 0.25) is 0 Å². The molecule has 0 saturated heterocycles. The molecular weight excluding hydrogens is 206 g/mol. The fraction of sp³-hybridized carbons (Fsp3) is 0.182. The number of nitrogens with two attached hydrogens (primary N) is 1. The van der Waals surface area contributed by atoms with E-state index in [9.17, 15) is 0 Å². The molecule has 0 aromatic carbocycles. The largest absolute Gasteiger partial charge is 0.320 e. The third-order valence-corrected chi connectivity index (χ3v) is 2.84. The Balaban J connectivity index is 2.07. The van der Waals surface area contributed by atoms with E-state index >= 15 is 0 Å². The summed E-state index contributed by atoms with van der Waals surface area (Å²) in [6, 6.07) is 6.02. The molecular formula is C11H11N3S. The molecule has 2 heterocycles. The molecule has 2 rings (SSSR count). The minimum Gasteiger partial charge on any atom is -0.320 e. The Labute approximate surface area is 92.5 Å². The van der Waals surface area contributed by atoms with Gasteiger partial charge in [-0.25, -0.2) is 0 Å². The van der Waals surface area contributed by atoms with E-state index in [1.165, 1.54) is 4.88 Å². The van der Waals surface area contributed by atoms with E-state index < -0.39 is 0 Å². The summed E-state index contributed by atoms with van der Waals surface area (Å²) in [4.78, 5) is 2.31. The summed E-state index contributed by atoms with van der Waals surface area (Å²) < 4.78 is 1.89. The van der Waals surface area contributed by atoms with Crippen LogP contribution in [0.5, 0.6) is 0 Å². The lowest BCUT2D eigenvalue weighted by atomic mass is 10.4. The molecule has 0 aliphatic rings. The van der Waals surface area contributed by atoms with E-state index in [0.29, 0.717) is 6.54 Å². The zero-order valence-electron chi connectivity index (χ0n) is 8.18. The van der Waals surface area contributed by atoms with Gasteiger partial charge in [0, 0.05) is 17.3 Å². The Kier molecular flexibility index (Phi) is 3.18. The fourth-order valence-corrected chi connectivity index (χ4v) is 2.10. The van der Waals surface area contributed by atoms with Gasteiger partial charge in [-0.15, -0.1) is 11.3 Å². The van der Waals surface area contributed by atoms with Gasteiger partial charge < -0.3 is 5.73 Å². The van der Waals surface area contributed by atoms with E-state index in [-0.39, 0.29) is 0 Å². The van der Waals surface area contributed by atoms with Crippen LogP contribution >= 0.6 is 11.3 Å². The molecule has 2 aromatic rings. The molecule has 0 saturated carbocycles. The van der Waals surface area contributed by atoms with Crippen LogP contribution in [-0.2, 0) is 6.54 Å². The molecule has 0 radical (unpaired) electrons. The average Bonchev–Trinajstić information content (AvgIpc) is 2.87. The second kappa shape index (κ2) is 4.78. The number of thiophene rings is 1. The normalized spacial score (nSPS) is 9.67. The lowest BCUT2D eigenvalue weighted by Crippen LogP contribution is -1.96. The van der Waals surface area contributed by atoms with Crippen molar-refractivity contribution in [1.29, 1.82) is 0 Å². The molecule has 15 heavy (non-hydrogen) atoms. The van der Waals surface area contributed by atoms with Crippen molar-refractivity contribution in [3.05, 3.63) is 40.3 Å². The Morgan fingerprint density at radius 1 is 1.47 bits per heavy atom. The van der Waals surface area contributed by atoms with Crippen molar-refractivity contribution in [2.24, 2.45) is 5.73 Å². The highest BCUT2D eigenvalue weighted by Gasteiger charge is 1.98. The molecule has 0 amide bonds. The number of aromatic nitrogens is 2. The van der Waals surface area contributed by atoms with Gasteiger partial charge in [-0.1, -0.05) is 11.8 Å². The zero-order valence-corrected chi connectivity index (χ0v) is 9.00. The van der Waals surface area contributed by atoms with Crippen LogP contribution in [0.25, 0.3) is 0 Å². The molecule has 4 heteroatoms. The van der Waals surface area contributed by atoms with E-state index in [4.69, 9.17) is 5.73 Å². The van der Waals surface area contributed by atoms with Gasteiger partial charge >= 0.3 is 0 Å². The molecule has 76 valence electrons. The number of hydrogen-bond donors (Lipinski definition) is 1.